The van der Waals surface area contributed by atoms with Crippen LogP contribution in [-0.4, -0.2) is 32.7 Å². The Balaban J connectivity index is 3.19. The number of aryl methyl sites for hydroxylation is 1. The number of nitrogens with one attached hydrogen (secondary N) is 1. The van der Waals surface area contributed by atoms with Crippen LogP contribution in [0.4, 0.5) is 5.69 Å². The van der Waals surface area contributed by atoms with Gasteiger partial charge in [-0.05, 0) is 43.4 Å². The fourth-order valence-corrected chi connectivity index (χ4v) is 4.26. The van der Waals surface area contributed by atoms with Gasteiger partial charge in [0.1, 0.15) is 6.04 Å². The van der Waals surface area contributed by atoms with Crippen molar-refractivity contribution < 1.29 is 13.2 Å². The van der Waals surface area contributed by atoms with Crippen LogP contribution in [0.2, 0.25) is 5.02 Å². The zero-order valence-corrected chi connectivity index (χ0v) is 17.6. The molecule has 1 atom stereocenters. The van der Waals surface area contributed by atoms with Gasteiger partial charge in [-0.25, -0.2) is 8.42 Å². The molecule has 25 heavy (non-hydrogen) atoms. The van der Waals surface area contributed by atoms with E-state index in [1.54, 1.807) is 25.1 Å². The number of hydrogen-bond donors (Lipinski definition) is 1. The van der Waals surface area contributed by atoms with E-state index in [0.29, 0.717) is 10.7 Å². The van der Waals surface area contributed by atoms with Crippen LogP contribution < -0.4 is 9.62 Å². The van der Waals surface area contributed by atoms with E-state index in [2.05, 4.69) is 5.32 Å². The number of sulfonamides is 1. The van der Waals surface area contributed by atoms with Gasteiger partial charge in [0.05, 0.1) is 11.9 Å². The quantitative estimate of drug-likeness (QED) is 0.775. The summed E-state index contributed by atoms with van der Waals surface area (Å²) >= 11 is 6.14. The smallest absolute Gasteiger partial charge is 0.243 e. The minimum Gasteiger partial charge on any atom is -0.351 e. The molecule has 142 valence electrons. The number of halogens is 1. The highest BCUT2D eigenvalue weighted by atomic mass is 35.5. The van der Waals surface area contributed by atoms with Crippen LogP contribution in [-0.2, 0) is 14.8 Å². The minimum atomic E-state index is -3.65. The van der Waals surface area contributed by atoms with Crippen LogP contribution in [0, 0.1) is 18.8 Å². The van der Waals surface area contributed by atoms with Crippen LogP contribution in [0.25, 0.3) is 0 Å². The topological polar surface area (TPSA) is 66.5 Å². The first-order valence-electron chi connectivity index (χ1n) is 8.42. The van der Waals surface area contributed by atoms with Gasteiger partial charge in [-0.2, -0.15) is 0 Å². The van der Waals surface area contributed by atoms with Crippen molar-refractivity contribution in [2.24, 2.45) is 11.8 Å². The summed E-state index contributed by atoms with van der Waals surface area (Å²) in [5, 5.41) is 3.45. The largest absolute Gasteiger partial charge is 0.351 e. The molecular formula is C18H29ClN2O3S. The lowest BCUT2D eigenvalue weighted by Crippen LogP contribution is -2.52. The van der Waals surface area contributed by atoms with Crippen LogP contribution in [0.15, 0.2) is 18.2 Å². The summed E-state index contributed by atoms with van der Waals surface area (Å²) in [7, 11) is -3.65. The third-order valence-corrected chi connectivity index (χ3v) is 5.89. The van der Waals surface area contributed by atoms with Gasteiger partial charge in [-0.3, -0.25) is 9.10 Å². The second-order valence-electron chi connectivity index (χ2n) is 7.19. The van der Waals surface area contributed by atoms with Gasteiger partial charge >= 0.3 is 0 Å². The van der Waals surface area contributed by atoms with E-state index in [0.717, 1.165) is 16.1 Å². The lowest BCUT2D eigenvalue weighted by molar-refractivity contribution is -0.123. The summed E-state index contributed by atoms with van der Waals surface area (Å²) in [4.78, 5) is 12.7. The Kier molecular flexibility index (Phi) is 7.32. The van der Waals surface area contributed by atoms with Crippen LogP contribution >= 0.6 is 11.6 Å². The summed E-state index contributed by atoms with van der Waals surface area (Å²) in [6, 6.07) is 4.07. The highest BCUT2D eigenvalue weighted by Crippen LogP contribution is 2.27. The number of nitrogens with zero attached hydrogens (tertiary/aromatic N) is 1. The number of anilines is 1. The fourth-order valence-electron chi connectivity index (χ4n) is 2.92. The molecule has 1 aromatic carbocycles. The molecule has 1 amide bonds. The summed E-state index contributed by atoms with van der Waals surface area (Å²) in [6.07, 6.45) is 1.09. The second kappa shape index (κ2) is 8.41. The average molecular weight is 389 g/mol. The van der Waals surface area contributed by atoms with Crippen molar-refractivity contribution >= 4 is 33.2 Å². The van der Waals surface area contributed by atoms with Gasteiger partial charge in [0, 0.05) is 11.1 Å². The van der Waals surface area contributed by atoms with E-state index in [9.17, 15) is 13.2 Å². The molecule has 7 heteroatoms. The number of benzene rings is 1. The minimum absolute atomic E-state index is 0.0297. The molecule has 1 rings (SSSR count). The van der Waals surface area contributed by atoms with Crippen LogP contribution in [0.5, 0.6) is 0 Å². The number of carbonyl (C=O) groups excluding carboxylic acids is 1. The monoisotopic (exact) mass is 388 g/mol. The lowest BCUT2D eigenvalue weighted by Gasteiger charge is -2.32. The lowest BCUT2D eigenvalue weighted by atomic mass is 9.93. The second-order valence-corrected chi connectivity index (χ2v) is 9.46. The Morgan fingerprint density at radius 2 is 1.64 bits per heavy atom. The zero-order valence-electron chi connectivity index (χ0n) is 16.0. The molecular weight excluding hydrogens is 360 g/mol. The van der Waals surface area contributed by atoms with Gasteiger partial charge in [0.15, 0.2) is 0 Å². The molecule has 5 nitrogen and oxygen atoms in total. The normalized spacial score (nSPS) is 13.4. The van der Waals surface area contributed by atoms with Gasteiger partial charge in [0.2, 0.25) is 15.9 Å². The van der Waals surface area contributed by atoms with Gasteiger partial charge in [-0.1, -0.05) is 45.4 Å². The first kappa shape index (κ1) is 21.8. The van der Waals surface area contributed by atoms with Gasteiger partial charge < -0.3 is 5.32 Å². The van der Waals surface area contributed by atoms with Crippen molar-refractivity contribution in [1.29, 1.82) is 0 Å². The zero-order chi connectivity index (χ0) is 19.5. The fraction of sp³-hybridized carbons (Fsp3) is 0.611. The molecule has 0 heterocycles. The third kappa shape index (κ3) is 5.61. The average Bonchev–Trinajstić information content (AvgIpc) is 2.46. The Bertz CT molecular complexity index is 709. The van der Waals surface area contributed by atoms with E-state index >= 15 is 0 Å². The Morgan fingerprint density at radius 3 is 2.04 bits per heavy atom. The summed E-state index contributed by atoms with van der Waals surface area (Å²) in [6.45, 7) is 11.5. The molecule has 0 fully saturated rings. The molecule has 1 unspecified atom stereocenters. The summed E-state index contributed by atoms with van der Waals surface area (Å²) in [5.74, 6) is 0.169. The molecule has 1 N–H and O–H groups in total. The number of rotatable bonds is 7. The Morgan fingerprint density at radius 1 is 1.12 bits per heavy atom. The van der Waals surface area contributed by atoms with Crippen molar-refractivity contribution in [2.75, 3.05) is 10.6 Å². The first-order valence-corrected chi connectivity index (χ1v) is 10.6. The number of amides is 1. The molecule has 0 aliphatic carbocycles. The van der Waals surface area contributed by atoms with E-state index in [-0.39, 0.29) is 23.8 Å². The number of hydrogen-bond acceptors (Lipinski definition) is 3. The van der Waals surface area contributed by atoms with Crippen molar-refractivity contribution in [3.8, 4) is 0 Å². The molecule has 0 bridgehead atoms. The maximum atomic E-state index is 12.7. The molecule has 1 aromatic rings. The SMILES string of the molecule is Cc1ccc(N(C(C)C(=O)NC(C(C)C)C(C)C)S(C)(=O)=O)cc1Cl. The van der Waals surface area contributed by atoms with Crippen molar-refractivity contribution in [3.05, 3.63) is 28.8 Å². The van der Waals surface area contributed by atoms with Crippen molar-refractivity contribution in [3.63, 3.8) is 0 Å². The molecule has 0 spiro atoms. The molecule has 0 aliphatic heterocycles. The molecule has 0 aliphatic rings. The predicted octanol–water partition coefficient (Wildman–Crippen LogP) is 3.60. The standard InChI is InChI=1S/C18H29ClN2O3S/c1-11(2)17(12(3)4)20-18(22)14(6)21(25(7,23)24)15-9-8-13(5)16(19)10-15/h8-12,14,17H,1-7H3,(H,20,22). The molecule has 0 saturated heterocycles. The maximum absolute atomic E-state index is 12.7. The highest BCUT2D eigenvalue weighted by molar-refractivity contribution is 7.92. The van der Waals surface area contributed by atoms with E-state index in [1.165, 1.54) is 0 Å². The van der Waals surface area contributed by atoms with E-state index in [4.69, 9.17) is 11.6 Å². The molecule has 0 aromatic heterocycles. The van der Waals surface area contributed by atoms with Crippen molar-refractivity contribution in [1.82, 2.24) is 5.32 Å². The molecule has 0 radical (unpaired) electrons. The van der Waals surface area contributed by atoms with Gasteiger partial charge in [0.25, 0.3) is 0 Å². The van der Waals surface area contributed by atoms with Crippen molar-refractivity contribution in [2.45, 2.75) is 53.6 Å². The summed E-state index contributed by atoms with van der Waals surface area (Å²) in [5.41, 5.74) is 1.22. The number of carbonyl (C=O) groups is 1. The van der Waals surface area contributed by atoms with E-state index < -0.39 is 16.1 Å². The van der Waals surface area contributed by atoms with E-state index in [1.807, 2.05) is 34.6 Å². The van der Waals surface area contributed by atoms with Crippen LogP contribution in [0.3, 0.4) is 0 Å². The predicted molar refractivity (Wildman–Crippen MR) is 105 cm³/mol. The Hall–Kier alpha value is -1.27. The maximum Gasteiger partial charge on any atom is 0.243 e. The molecule has 0 saturated carbocycles. The first-order chi connectivity index (χ1) is 11.4. The van der Waals surface area contributed by atoms with Gasteiger partial charge in [-0.15, -0.1) is 0 Å². The third-order valence-electron chi connectivity index (χ3n) is 4.24. The Labute approximate surface area is 156 Å². The van der Waals surface area contributed by atoms with Crippen LogP contribution in [0.1, 0.15) is 40.2 Å². The highest BCUT2D eigenvalue weighted by Gasteiger charge is 2.31. The summed E-state index contributed by atoms with van der Waals surface area (Å²) < 4.78 is 25.8.